The number of aromatic nitrogens is 2. The normalized spacial score (nSPS) is 16.3. The molecule has 0 N–H and O–H groups in total. The van der Waals surface area contributed by atoms with Crippen LogP contribution in [-0.2, 0) is 4.74 Å². The number of carbonyl (C=O) groups excluding carboxylic acids is 2. The molecular formula is C12H17N3O3. The number of ether oxygens (including phenoxy) is 1. The van der Waals surface area contributed by atoms with Gasteiger partial charge in [-0.05, 0) is 26.8 Å². The highest BCUT2D eigenvalue weighted by molar-refractivity contribution is 5.71. The zero-order chi connectivity index (χ0) is 13.3. The van der Waals surface area contributed by atoms with Crippen LogP contribution < -0.4 is 0 Å². The quantitative estimate of drug-likeness (QED) is 0.747. The molecule has 6 nitrogen and oxygen atoms in total. The van der Waals surface area contributed by atoms with E-state index in [2.05, 4.69) is 5.10 Å². The van der Waals surface area contributed by atoms with Crippen LogP contribution in [0.15, 0.2) is 12.3 Å². The van der Waals surface area contributed by atoms with Gasteiger partial charge in [-0.15, -0.1) is 0 Å². The van der Waals surface area contributed by atoms with Crippen molar-refractivity contribution < 1.29 is 14.3 Å². The minimum Gasteiger partial charge on any atom is -0.444 e. The van der Waals surface area contributed by atoms with Crippen LogP contribution in [0.1, 0.15) is 37.3 Å². The molecular weight excluding hydrogens is 234 g/mol. The fourth-order valence-electron chi connectivity index (χ4n) is 1.72. The predicted octanol–water partition coefficient (Wildman–Crippen LogP) is 1.49. The van der Waals surface area contributed by atoms with Crippen LogP contribution in [0.5, 0.6) is 0 Å². The molecule has 0 aromatic carbocycles. The van der Waals surface area contributed by atoms with Gasteiger partial charge < -0.3 is 9.64 Å². The van der Waals surface area contributed by atoms with Gasteiger partial charge in [0.25, 0.3) is 0 Å². The SMILES string of the molecule is CC(C)(C)OC(=O)N1CC(n2ccc(C=O)n2)C1. The summed E-state index contributed by atoms with van der Waals surface area (Å²) >= 11 is 0. The Morgan fingerprint density at radius 3 is 2.67 bits per heavy atom. The van der Waals surface area contributed by atoms with E-state index in [1.807, 2.05) is 20.8 Å². The van der Waals surface area contributed by atoms with E-state index in [4.69, 9.17) is 4.74 Å². The molecule has 6 heteroatoms. The van der Waals surface area contributed by atoms with Crippen molar-refractivity contribution in [3.63, 3.8) is 0 Å². The maximum atomic E-state index is 11.7. The largest absolute Gasteiger partial charge is 0.444 e. The number of rotatable bonds is 2. The zero-order valence-corrected chi connectivity index (χ0v) is 10.8. The molecule has 0 aliphatic carbocycles. The van der Waals surface area contributed by atoms with Crippen LogP contribution in [0.4, 0.5) is 4.79 Å². The molecule has 1 fully saturated rings. The Labute approximate surface area is 106 Å². The lowest BCUT2D eigenvalue weighted by Gasteiger charge is -2.39. The van der Waals surface area contributed by atoms with Gasteiger partial charge in [-0.25, -0.2) is 4.79 Å². The first-order valence-electron chi connectivity index (χ1n) is 5.87. The number of hydrogen-bond donors (Lipinski definition) is 0. The Hall–Kier alpha value is -1.85. The van der Waals surface area contributed by atoms with E-state index in [0.717, 1.165) is 0 Å². The Morgan fingerprint density at radius 1 is 1.50 bits per heavy atom. The number of hydrogen-bond acceptors (Lipinski definition) is 4. The van der Waals surface area contributed by atoms with Crippen LogP contribution in [0.2, 0.25) is 0 Å². The highest BCUT2D eigenvalue weighted by atomic mass is 16.6. The van der Waals surface area contributed by atoms with Crippen molar-refractivity contribution in [1.82, 2.24) is 14.7 Å². The van der Waals surface area contributed by atoms with Crippen molar-refractivity contribution in [1.29, 1.82) is 0 Å². The second-order valence-corrected chi connectivity index (χ2v) is 5.38. The van der Waals surface area contributed by atoms with Crippen molar-refractivity contribution in [3.8, 4) is 0 Å². The Morgan fingerprint density at radius 2 is 2.17 bits per heavy atom. The van der Waals surface area contributed by atoms with Crippen molar-refractivity contribution in [2.75, 3.05) is 13.1 Å². The first kappa shape index (κ1) is 12.6. The third-order valence-electron chi connectivity index (χ3n) is 2.64. The summed E-state index contributed by atoms with van der Waals surface area (Å²) in [5.74, 6) is 0. The van der Waals surface area contributed by atoms with Crippen molar-refractivity contribution in [2.24, 2.45) is 0 Å². The molecule has 2 rings (SSSR count). The summed E-state index contributed by atoms with van der Waals surface area (Å²) < 4.78 is 6.97. The molecule has 0 atom stereocenters. The van der Waals surface area contributed by atoms with E-state index < -0.39 is 5.60 Å². The maximum absolute atomic E-state index is 11.7. The second-order valence-electron chi connectivity index (χ2n) is 5.38. The molecule has 1 aliphatic heterocycles. The molecule has 0 unspecified atom stereocenters. The average Bonchev–Trinajstić information content (AvgIpc) is 2.60. The van der Waals surface area contributed by atoms with E-state index in [1.165, 1.54) is 0 Å². The van der Waals surface area contributed by atoms with Crippen LogP contribution in [-0.4, -0.2) is 45.8 Å². The highest BCUT2D eigenvalue weighted by Gasteiger charge is 2.35. The minimum absolute atomic E-state index is 0.131. The standard InChI is InChI=1S/C12H17N3O3/c1-12(2,3)18-11(17)14-6-10(7-14)15-5-4-9(8-16)13-15/h4-5,8,10H,6-7H2,1-3H3. The fraction of sp³-hybridized carbons (Fsp3) is 0.583. The monoisotopic (exact) mass is 251 g/mol. The summed E-state index contributed by atoms with van der Waals surface area (Å²) in [7, 11) is 0. The first-order valence-corrected chi connectivity index (χ1v) is 5.87. The van der Waals surface area contributed by atoms with Crippen LogP contribution >= 0.6 is 0 Å². The molecule has 1 amide bonds. The van der Waals surface area contributed by atoms with Gasteiger partial charge in [0, 0.05) is 19.3 Å². The number of amides is 1. The molecule has 1 aromatic heterocycles. The number of likely N-dealkylation sites (tertiary alicyclic amines) is 1. The Bertz CT molecular complexity index is 455. The zero-order valence-electron chi connectivity index (χ0n) is 10.8. The lowest BCUT2D eigenvalue weighted by molar-refractivity contribution is -0.000434. The summed E-state index contributed by atoms with van der Waals surface area (Å²) in [6, 6.07) is 1.79. The lowest BCUT2D eigenvalue weighted by atomic mass is 10.1. The summed E-state index contributed by atoms with van der Waals surface area (Å²) in [6.45, 7) is 6.65. The third-order valence-corrected chi connectivity index (χ3v) is 2.64. The molecule has 1 aliphatic rings. The van der Waals surface area contributed by atoms with Crippen LogP contribution in [0.25, 0.3) is 0 Å². The molecule has 0 spiro atoms. The van der Waals surface area contributed by atoms with Gasteiger partial charge in [0.1, 0.15) is 11.3 Å². The smallest absolute Gasteiger partial charge is 0.410 e. The van der Waals surface area contributed by atoms with Gasteiger partial charge in [0.05, 0.1) is 6.04 Å². The maximum Gasteiger partial charge on any atom is 0.410 e. The van der Waals surface area contributed by atoms with Gasteiger partial charge in [-0.3, -0.25) is 9.48 Å². The molecule has 18 heavy (non-hydrogen) atoms. The van der Waals surface area contributed by atoms with Gasteiger partial charge in [0.2, 0.25) is 0 Å². The van der Waals surface area contributed by atoms with Crippen molar-refractivity contribution >= 4 is 12.4 Å². The van der Waals surface area contributed by atoms with E-state index in [-0.39, 0.29) is 12.1 Å². The van der Waals surface area contributed by atoms with E-state index in [0.29, 0.717) is 25.1 Å². The van der Waals surface area contributed by atoms with Crippen LogP contribution in [0, 0.1) is 0 Å². The summed E-state index contributed by atoms with van der Waals surface area (Å²) in [5.41, 5.74) is -0.0656. The lowest BCUT2D eigenvalue weighted by Crippen LogP contribution is -2.52. The molecule has 0 saturated carbocycles. The molecule has 1 saturated heterocycles. The van der Waals surface area contributed by atoms with Gasteiger partial charge >= 0.3 is 6.09 Å². The first-order chi connectivity index (χ1) is 8.39. The predicted molar refractivity (Wildman–Crippen MR) is 64.5 cm³/mol. The molecule has 1 aromatic rings. The minimum atomic E-state index is -0.474. The highest BCUT2D eigenvalue weighted by Crippen LogP contribution is 2.22. The Balaban J connectivity index is 1.87. The van der Waals surface area contributed by atoms with E-state index in [1.54, 1.807) is 21.8 Å². The number of carbonyl (C=O) groups is 2. The van der Waals surface area contributed by atoms with Gasteiger partial charge in [-0.1, -0.05) is 0 Å². The van der Waals surface area contributed by atoms with E-state index in [9.17, 15) is 9.59 Å². The molecule has 0 bridgehead atoms. The van der Waals surface area contributed by atoms with Gasteiger partial charge in [0.15, 0.2) is 6.29 Å². The molecule has 0 radical (unpaired) electrons. The fourth-order valence-corrected chi connectivity index (χ4v) is 1.72. The number of aldehydes is 1. The average molecular weight is 251 g/mol. The topological polar surface area (TPSA) is 64.4 Å². The van der Waals surface area contributed by atoms with Crippen LogP contribution in [0.3, 0.4) is 0 Å². The van der Waals surface area contributed by atoms with E-state index >= 15 is 0 Å². The number of nitrogens with zero attached hydrogens (tertiary/aromatic N) is 3. The third kappa shape index (κ3) is 2.69. The van der Waals surface area contributed by atoms with Crippen molar-refractivity contribution in [2.45, 2.75) is 32.4 Å². The molecule has 98 valence electrons. The summed E-state index contributed by atoms with van der Waals surface area (Å²) in [6.07, 6.45) is 2.16. The molecule has 2 heterocycles. The summed E-state index contributed by atoms with van der Waals surface area (Å²) in [5, 5.41) is 4.09. The van der Waals surface area contributed by atoms with Crippen molar-refractivity contribution in [3.05, 3.63) is 18.0 Å². The second kappa shape index (κ2) is 4.44. The van der Waals surface area contributed by atoms with Gasteiger partial charge in [-0.2, -0.15) is 5.10 Å². The Kier molecular flexibility index (Phi) is 3.11. The summed E-state index contributed by atoms with van der Waals surface area (Å²) in [4.78, 5) is 23.8.